The largest absolute Gasteiger partial charge is 0.314 e. The summed E-state index contributed by atoms with van der Waals surface area (Å²) in [6.45, 7) is 6.73. The van der Waals surface area contributed by atoms with Crippen molar-refractivity contribution in [2.75, 3.05) is 19.6 Å². The first-order chi connectivity index (χ1) is 9.63. The number of aromatic nitrogens is 2. The van der Waals surface area contributed by atoms with Gasteiger partial charge in [0.15, 0.2) is 0 Å². The third-order valence-corrected chi connectivity index (χ3v) is 5.65. The fourth-order valence-electron chi connectivity index (χ4n) is 3.03. The summed E-state index contributed by atoms with van der Waals surface area (Å²) in [5, 5.41) is 8.15. The number of rotatable bonds is 5. The Morgan fingerprint density at radius 1 is 1.25 bits per heavy atom. The molecule has 1 saturated carbocycles. The maximum atomic E-state index is 4.48. The van der Waals surface area contributed by atoms with Gasteiger partial charge in [-0.25, -0.2) is 0 Å². The molecule has 2 fully saturated rings. The minimum Gasteiger partial charge on any atom is -0.314 e. The number of halogens is 1. The first-order valence-electron chi connectivity index (χ1n) is 7.77. The summed E-state index contributed by atoms with van der Waals surface area (Å²) in [4.78, 5) is 2.56. The van der Waals surface area contributed by atoms with Gasteiger partial charge in [0.2, 0.25) is 0 Å². The van der Waals surface area contributed by atoms with Gasteiger partial charge in [-0.05, 0) is 74.1 Å². The molecule has 3 rings (SSSR count). The Hall–Kier alpha value is -0.390. The molecule has 0 aromatic carbocycles. The van der Waals surface area contributed by atoms with Gasteiger partial charge in [-0.2, -0.15) is 5.10 Å². The molecule has 0 unspecified atom stereocenters. The average Bonchev–Trinajstić information content (AvgIpc) is 3.23. The lowest BCUT2D eigenvalue weighted by Gasteiger charge is -2.32. The van der Waals surface area contributed by atoms with E-state index in [1.165, 1.54) is 55.5 Å². The topological polar surface area (TPSA) is 33.1 Å². The highest BCUT2D eigenvalue weighted by atomic mass is 79.9. The van der Waals surface area contributed by atoms with Crippen LogP contribution in [0, 0.1) is 12.8 Å². The lowest BCUT2D eigenvalue weighted by molar-refractivity contribution is 0.171. The van der Waals surface area contributed by atoms with E-state index >= 15 is 0 Å². The quantitative estimate of drug-likeness (QED) is 0.893. The number of hydrogen-bond acceptors (Lipinski definition) is 3. The van der Waals surface area contributed by atoms with Gasteiger partial charge in [-0.1, -0.05) is 0 Å². The molecule has 112 valence electrons. The Morgan fingerprint density at radius 2 is 1.95 bits per heavy atom. The second-order valence-corrected chi connectivity index (χ2v) is 7.16. The minimum atomic E-state index is 0.849. The molecule has 20 heavy (non-hydrogen) atoms. The normalized spacial score (nSPS) is 21.6. The summed E-state index contributed by atoms with van der Waals surface area (Å²) in [6, 6.07) is 0.849. The average molecular weight is 341 g/mol. The zero-order valence-electron chi connectivity index (χ0n) is 12.5. The highest BCUT2D eigenvalue weighted by molar-refractivity contribution is 9.10. The van der Waals surface area contributed by atoms with Crippen molar-refractivity contribution in [3.8, 4) is 0 Å². The van der Waals surface area contributed by atoms with Gasteiger partial charge in [0, 0.05) is 19.6 Å². The van der Waals surface area contributed by atoms with Crippen LogP contribution in [-0.2, 0) is 13.6 Å². The molecule has 4 nitrogen and oxygen atoms in total. The highest BCUT2D eigenvalue weighted by Crippen LogP contribution is 2.25. The number of likely N-dealkylation sites (tertiary alicyclic amines) is 1. The summed E-state index contributed by atoms with van der Waals surface area (Å²) in [6.07, 6.45) is 5.45. The van der Waals surface area contributed by atoms with Crippen molar-refractivity contribution in [3.63, 3.8) is 0 Å². The van der Waals surface area contributed by atoms with Gasteiger partial charge in [0.25, 0.3) is 0 Å². The van der Waals surface area contributed by atoms with Crippen LogP contribution in [0.5, 0.6) is 0 Å². The van der Waals surface area contributed by atoms with E-state index in [-0.39, 0.29) is 0 Å². The van der Waals surface area contributed by atoms with Gasteiger partial charge >= 0.3 is 0 Å². The second-order valence-electron chi connectivity index (χ2n) is 6.37. The molecular formula is C15H25BrN4. The summed E-state index contributed by atoms with van der Waals surface area (Å²) < 4.78 is 3.19. The van der Waals surface area contributed by atoms with Crippen LogP contribution in [0.3, 0.4) is 0 Å². The predicted molar refractivity (Wildman–Crippen MR) is 84.7 cm³/mol. The molecule has 1 aromatic heterocycles. The summed E-state index contributed by atoms with van der Waals surface area (Å²) in [5.74, 6) is 0.878. The number of nitrogens with one attached hydrogen (secondary N) is 1. The Kier molecular flexibility index (Phi) is 4.48. The molecule has 0 bridgehead atoms. The number of piperidine rings is 1. The fourth-order valence-corrected chi connectivity index (χ4v) is 3.49. The Balaban J connectivity index is 1.47. The van der Waals surface area contributed by atoms with Gasteiger partial charge in [-0.3, -0.25) is 9.58 Å². The van der Waals surface area contributed by atoms with Crippen LogP contribution in [0.2, 0.25) is 0 Å². The van der Waals surface area contributed by atoms with Crippen LogP contribution in [0.15, 0.2) is 4.47 Å². The van der Waals surface area contributed by atoms with E-state index in [4.69, 9.17) is 0 Å². The maximum Gasteiger partial charge on any atom is 0.0739 e. The van der Waals surface area contributed by atoms with E-state index in [1.54, 1.807) is 0 Å². The first kappa shape index (κ1) is 14.5. The van der Waals surface area contributed by atoms with E-state index in [9.17, 15) is 0 Å². The Labute approximate surface area is 130 Å². The van der Waals surface area contributed by atoms with E-state index < -0.39 is 0 Å². The molecule has 1 aliphatic carbocycles. The van der Waals surface area contributed by atoms with E-state index in [1.807, 2.05) is 11.7 Å². The van der Waals surface area contributed by atoms with Crippen molar-refractivity contribution in [2.24, 2.45) is 13.0 Å². The van der Waals surface area contributed by atoms with E-state index in [0.717, 1.165) is 24.2 Å². The van der Waals surface area contributed by atoms with Crippen LogP contribution in [0.1, 0.15) is 37.1 Å². The molecule has 1 aromatic rings. The summed E-state index contributed by atoms with van der Waals surface area (Å²) >= 11 is 3.67. The fraction of sp³-hybridized carbons (Fsp3) is 0.800. The van der Waals surface area contributed by atoms with Gasteiger partial charge in [-0.15, -0.1) is 0 Å². The minimum absolute atomic E-state index is 0.849. The van der Waals surface area contributed by atoms with Crippen molar-refractivity contribution in [2.45, 2.75) is 45.2 Å². The smallest absolute Gasteiger partial charge is 0.0739 e. The predicted octanol–water partition coefficient (Wildman–Crippen LogP) is 2.46. The second kappa shape index (κ2) is 6.16. The van der Waals surface area contributed by atoms with Crippen molar-refractivity contribution < 1.29 is 0 Å². The van der Waals surface area contributed by atoms with Crippen LogP contribution in [-0.4, -0.2) is 40.4 Å². The number of nitrogens with zero attached hydrogens (tertiary/aromatic N) is 3. The molecule has 2 heterocycles. The van der Waals surface area contributed by atoms with Crippen molar-refractivity contribution in [3.05, 3.63) is 15.9 Å². The molecule has 5 heteroatoms. The molecule has 2 aliphatic rings. The van der Waals surface area contributed by atoms with Gasteiger partial charge in [0.1, 0.15) is 0 Å². The first-order valence-corrected chi connectivity index (χ1v) is 8.56. The van der Waals surface area contributed by atoms with Crippen molar-refractivity contribution in [1.82, 2.24) is 20.0 Å². The lowest BCUT2D eigenvalue weighted by Crippen LogP contribution is -2.37. The van der Waals surface area contributed by atoms with Crippen LogP contribution in [0.4, 0.5) is 0 Å². The highest BCUT2D eigenvalue weighted by Gasteiger charge is 2.25. The molecular weight excluding hydrogens is 316 g/mol. The van der Waals surface area contributed by atoms with E-state index in [0.29, 0.717) is 0 Å². The number of aryl methyl sites for hydroxylation is 2. The standard InChI is InChI=1S/C15H25BrN4/c1-11-15(16)14(19(2)18-11)10-20-7-5-12(6-8-20)9-17-13-3-4-13/h12-13,17H,3-10H2,1-2H3. The summed E-state index contributed by atoms with van der Waals surface area (Å²) in [5.41, 5.74) is 2.39. The van der Waals surface area contributed by atoms with Crippen LogP contribution >= 0.6 is 15.9 Å². The molecule has 0 atom stereocenters. The van der Waals surface area contributed by atoms with Gasteiger partial charge < -0.3 is 5.32 Å². The lowest BCUT2D eigenvalue weighted by atomic mass is 9.96. The molecule has 0 radical (unpaired) electrons. The Bertz CT molecular complexity index is 459. The SMILES string of the molecule is Cc1nn(C)c(CN2CCC(CNC3CC3)CC2)c1Br. The van der Waals surface area contributed by atoms with Crippen LogP contribution in [0.25, 0.3) is 0 Å². The molecule has 1 saturated heterocycles. The molecule has 0 spiro atoms. The molecule has 1 N–H and O–H groups in total. The monoisotopic (exact) mass is 340 g/mol. The van der Waals surface area contributed by atoms with E-state index in [2.05, 4.69) is 38.2 Å². The zero-order valence-corrected chi connectivity index (χ0v) is 14.1. The number of hydrogen-bond donors (Lipinski definition) is 1. The molecule has 1 aliphatic heterocycles. The maximum absolute atomic E-state index is 4.48. The van der Waals surface area contributed by atoms with Crippen molar-refractivity contribution in [1.29, 1.82) is 0 Å². The summed E-state index contributed by atoms with van der Waals surface area (Å²) in [7, 11) is 2.04. The third-order valence-electron chi connectivity index (χ3n) is 4.61. The molecule has 0 amide bonds. The third kappa shape index (κ3) is 3.43. The Morgan fingerprint density at radius 3 is 2.50 bits per heavy atom. The van der Waals surface area contributed by atoms with Crippen LogP contribution < -0.4 is 5.32 Å². The van der Waals surface area contributed by atoms with Crippen molar-refractivity contribution >= 4 is 15.9 Å². The van der Waals surface area contributed by atoms with Gasteiger partial charge in [0.05, 0.1) is 15.9 Å². The zero-order chi connectivity index (χ0) is 14.1.